The maximum Gasteiger partial charge on any atom is 0.260 e. The molecule has 0 spiro atoms. The van der Waals surface area contributed by atoms with Crippen LogP contribution in [0.3, 0.4) is 0 Å². The van der Waals surface area contributed by atoms with Crippen molar-refractivity contribution >= 4 is 5.69 Å². The SMILES string of the molecule is COC1(c2noc(-c3ccncc3N)n2)CCC1. The van der Waals surface area contributed by atoms with E-state index in [9.17, 15) is 0 Å². The molecule has 0 bridgehead atoms. The molecule has 2 heterocycles. The summed E-state index contributed by atoms with van der Waals surface area (Å²) in [6.07, 6.45) is 6.18. The first kappa shape index (κ1) is 11.2. The molecule has 6 nitrogen and oxygen atoms in total. The molecule has 2 N–H and O–H groups in total. The zero-order chi connectivity index (χ0) is 12.6. The van der Waals surface area contributed by atoms with E-state index >= 15 is 0 Å². The van der Waals surface area contributed by atoms with Gasteiger partial charge in [-0.15, -0.1) is 0 Å². The van der Waals surface area contributed by atoms with Gasteiger partial charge < -0.3 is 15.0 Å². The summed E-state index contributed by atoms with van der Waals surface area (Å²) >= 11 is 0. The molecule has 6 heteroatoms. The molecule has 1 aliphatic rings. The summed E-state index contributed by atoms with van der Waals surface area (Å²) in [6, 6.07) is 1.76. The molecule has 1 aliphatic carbocycles. The van der Waals surface area contributed by atoms with E-state index in [1.54, 1.807) is 25.6 Å². The van der Waals surface area contributed by atoms with Gasteiger partial charge in [-0.3, -0.25) is 4.98 Å². The summed E-state index contributed by atoms with van der Waals surface area (Å²) in [4.78, 5) is 8.33. The molecule has 2 aromatic rings. The average Bonchev–Trinajstić information content (AvgIpc) is 2.79. The van der Waals surface area contributed by atoms with Gasteiger partial charge in [0.1, 0.15) is 5.60 Å². The minimum absolute atomic E-state index is 0.371. The van der Waals surface area contributed by atoms with Crippen LogP contribution in [0.15, 0.2) is 23.0 Å². The Morgan fingerprint density at radius 3 is 2.89 bits per heavy atom. The average molecular weight is 246 g/mol. The molecular weight excluding hydrogens is 232 g/mol. The quantitative estimate of drug-likeness (QED) is 0.887. The van der Waals surface area contributed by atoms with E-state index in [2.05, 4.69) is 15.1 Å². The number of methoxy groups -OCH3 is 1. The molecule has 0 unspecified atom stereocenters. The van der Waals surface area contributed by atoms with Crippen LogP contribution in [0, 0.1) is 0 Å². The zero-order valence-electron chi connectivity index (χ0n) is 10.1. The molecule has 0 aromatic carbocycles. The number of hydrogen-bond acceptors (Lipinski definition) is 6. The molecule has 18 heavy (non-hydrogen) atoms. The highest BCUT2D eigenvalue weighted by Crippen LogP contribution is 2.43. The second-order valence-corrected chi connectivity index (χ2v) is 4.44. The molecule has 0 amide bonds. The third kappa shape index (κ3) is 1.57. The van der Waals surface area contributed by atoms with E-state index < -0.39 is 0 Å². The third-order valence-corrected chi connectivity index (χ3v) is 3.47. The topological polar surface area (TPSA) is 87.1 Å². The first-order valence-corrected chi connectivity index (χ1v) is 5.84. The van der Waals surface area contributed by atoms with E-state index in [1.807, 2.05) is 0 Å². The van der Waals surface area contributed by atoms with Crippen LogP contribution in [0.25, 0.3) is 11.5 Å². The summed E-state index contributed by atoms with van der Waals surface area (Å²) < 4.78 is 10.8. The summed E-state index contributed by atoms with van der Waals surface area (Å²) in [6.45, 7) is 0. The Labute approximate surface area is 104 Å². The van der Waals surface area contributed by atoms with E-state index in [4.69, 9.17) is 15.0 Å². The number of hydrogen-bond donors (Lipinski definition) is 1. The first-order valence-electron chi connectivity index (χ1n) is 5.84. The summed E-state index contributed by atoms with van der Waals surface area (Å²) in [5, 5.41) is 4.01. The number of nitrogens with zero attached hydrogens (tertiary/aromatic N) is 3. The van der Waals surface area contributed by atoms with E-state index in [0.29, 0.717) is 23.0 Å². The number of ether oxygens (including phenoxy) is 1. The molecule has 2 aromatic heterocycles. The Morgan fingerprint density at radius 1 is 1.44 bits per heavy atom. The van der Waals surface area contributed by atoms with Gasteiger partial charge in [0.05, 0.1) is 17.4 Å². The van der Waals surface area contributed by atoms with E-state index in [-0.39, 0.29) is 5.60 Å². The van der Waals surface area contributed by atoms with Crippen molar-refractivity contribution < 1.29 is 9.26 Å². The molecule has 3 rings (SSSR count). The van der Waals surface area contributed by atoms with Gasteiger partial charge in [-0.05, 0) is 25.3 Å². The fraction of sp³-hybridized carbons (Fsp3) is 0.417. The van der Waals surface area contributed by atoms with Gasteiger partial charge in [-0.25, -0.2) is 0 Å². The van der Waals surface area contributed by atoms with Gasteiger partial charge in [0.15, 0.2) is 0 Å². The lowest BCUT2D eigenvalue weighted by Gasteiger charge is -2.37. The number of nitrogen functional groups attached to an aromatic ring is 1. The van der Waals surface area contributed by atoms with Crippen molar-refractivity contribution in [3.8, 4) is 11.5 Å². The lowest BCUT2D eigenvalue weighted by Crippen LogP contribution is -2.37. The maximum atomic E-state index is 5.83. The predicted molar refractivity (Wildman–Crippen MR) is 64.5 cm³/mol. The van der Waals surface area contributed by atoms with E-state index in [0.717, 1.165) is 19.3 Å². The van der Waals surface area contributed by atoms with Crippen molar-refractivity contribution in [2.45, 2.75) is 24.9 Å². The molecular formula is C12H14N4O2. The number of aromatic nitrogens is 3. The van der Waals surface area contributed by atoms with Gasteiger partial charge in [-0.2, -0.15) is 4.98 Å². The number of nitrogens with two attached hydrogens (primary N) is 1. The van der Waals surface area contributed by atoms with Crippen LogP contribution >= 0.6 is 0 Å². The normalized spacial score (nSPS) is 17.4. The van der Waals surface area contributed by atoms with Crippen LogP contribution in [0.2, 0.25) is 0 Å². The molecule has 0 radical (unpaired) electrons. The molecule has 94 valence electrons. The van der Waals surface area contributed by atoms with Gasteiger partial charge in [0.25, 0.3) is 5.89 Å². The number of anilines is 1. The standard InChI is InChI=1S/C12H14N4O2/c1-17-12(4-2-5-12)11-15-10(18-16-11)8-3-6-14-7-9(8)13/h3,6-7H,2,4-5,13H2,1H3. The molecule has 0 aliphatic heterocycles. The highest BCUT2D eigenvalue weighted by Gasteiger charge is 2.43. The lowest BCUT2D eigenvalue weighted by molar-refractivity contribution is -0.0858. The summed E-state index contributed by atoms with van der Waals surface area (Å²) in [5.74, 6) is 1.01. The number of rotatable bonds is 3. The van der Waals surface area contributed by atoms with Gasteiger partial charge in [0.2, 0.25) is 5.82 Å². The monoisotopic (exact) mass is 246 g/mol. The fourth-order valence-corrected chi connectivity index (χ4v) is 2.14. The minimum atomic E-state index is -0.371. The molecule has 1 saturated carbocycles. The van der Waals surface area contributed by atoms with E-state index in [1.165, 1.54) is 0 Å². The molecule has 0 atom stereocenters. The number of pyridine rings is 1. The van der Waals surface area contributed by atoms with Crippen LogP contribution in [0.1, 0.15) is 25.1 Å². The van der Waals surface area contributed by atoms with Crippen LogP contribution < -0.4 is 5.73 Å². The summed E-state index contributed by atoms with van der Waals surface area (Å²) in [7, 11) is 1.68. The zero-order valence-corrected chi connectivity index (χ0v) is 10.1. The predicted octanol–water partition coefficient (Wildman–Crippen LogP) is 1.74. The maximum absolute atomic E-state index is 5.83. The van der Waals surface area contributed by atoms with Crippen LogP contribution in [-0.2, 0) is 10.3 Å². The smallest absolute Gasteiger partial charge is 0.260 e. The second kappa shape index (κ2) is 4.06. The third-order valence-electron chi connectivity index (χ3n) is 3.47. The van der Waals surface area contributed by atoms with Crippen LogP contribution in [0.4, 0.5) is 5.69 Å². The minimum Gasteiger partial charge on any atom is -0.397 e. The van der Waals surface area contributed by atoms with Crippen LogP contribution in [-0.4, -0.2) is 22.2 Å². The van der Waals surface area contributed by atoms with Crippen LogP contribution in [0.5, 0.6) is 0 Å². The molecule has 1 fully saturated rings. The first-order chi connectivity index (χ1) is 8.75. The fourth-order valence-electron chi connectivity index (χ4n) is 2.14. The van der Waals surface area contributed by atoms with Crippen molar-refractivity contribution in [3.05, 3.63) is 24.3 Å². The van der Waals surface area contributed by atoms with Gasteiger partial charge in [0, 0.05) is 13.3 Å². The lowest BCUT2D eigenvalue weighted by atomic mass is 9.79. The van der Waals surface area contributed by atoms with Crippen molar-refractivity contribution in [1.82, 2.24) is 15.1 Å². The Balaban J connectivity index is 1.97. The summed E-state index contributed by atoms with van der Waals surface area (Å²) in [5.41, 5.74) is 6.68. The Morgan fingerprint density at radius 2 is 2.28 bits per heavy atom. The molecule has 0 saturated heterocycles. The largest absolute Gasteiger partial charge is 0.397 e. The van der Waals surface area contributed by atoms with Crippen molar-refractivity contribution in [2.75, 3.05) is 12.8 Å². The van der Waals surface area contributed by atoms with Gasteiger partial charge in [-0.1, -0.05) is 5.16 Å². The van der Waals surface area contributed by atoms with Crippen molar-refractivity contribution in [2.24, 2.45) is 0 Å². The Kier molecular flexibility index (Phi) is 2.52. The Bertz CT molecular complexity index is 557. The van der Waals surface area contributed by atoms with Gasteiger partial charge >= 0.3 is 0 Å². The highest BCUT2D eigenvalue weighted by molar-refractivity contribution is 5.68. The highest BCUT2D eigenvalue weighted by atomic mass is 16.5. The second-order valence-electron chi connectivity index (χ2n) is 4.44. The van der Waals surface area contributed by atoms with Crippen molar-refractivity contribution in [1.29, 1.82) is 0 Å². The van der Waals surface area contributed by atoms with Crippen molar-refractivity contribution in [3.63, 3.8) is 0 Å². The Hall–Kier alpha value is -1.95.